The molecule has 1 saturated heterocycles. The molecule has 1 heterocycles. The van der Waals surface area contributed by atoms with Gasteiger partial charge in [0.25, 0.3) is 0 Å². The minimum Gasteiger partial charge on any atom is -0.379 e. The standard InChI is InChI=1S/C17H33N3O2/c1-4-10-19(2)12-14-9-11-20(13-14)17(21)18-15-7-5-6-8-16(15)22-3/h14-16H,4-13H2,1-3H3,(H,18,21)/t14-,15+,16+/m0/s1. The van der Waals surface area contributed by atoms with E-state index in [1.54, 1.807) is 7.11 Å². The normalized spacial score (nSPS) is 29.1. The van der Waals surface area contributed by atoms with Gasteiger partial charge in [-0.1, -0.05) is 19.8 Å². The van der Waals surface area contributed by atoms with Crippen LogP contribution in [0, 0.1) is 5.92 Å². The van der Waals surface area contributed by atoms with Gasteiger partial charge in [0.2, 0.25) is 0 Å². The van der Waals surface area contributed by atoms with Gasteiger partial charge in [0, 0.05) is 26.7 Å². The number of hydrogen-bond acceptors (Lipinski definition) is 3. The average molecular weight is 311 g/mol. The van der Waals surface area contributed by atoms with Gasteiger partial charge in [-0.3, -0.25) is 0 Å². The molecule has 3 atom stereocenters. The topological polar surface area (TPSA) is 44.8 Å². The maximum absolute atomic E-state index is 12.5. The van der Waals surface area contributed by atoms with Crippen LogP contribution in [0.15, 0.2) is 0 Å². The predicted octanol–water partition coefficient (Wildman–Crippen LogP) is 2.32. The van der Waals surface area contributed by atoms with E-state index in [-0.39, 0.29) is 18.2 Å². The maximum atomic E-state index is 12.5. The lowest BCUT2D eigenvalue weighted by Gasteiger charge is -2.32. The minimum absolute atomic E-state index is 0.106. The van der Waals surface area contributed by atoms with Gasteiger partial charge in [-0.15, -0.1) is 0 Å². The fourth-order valence-corrected chi connectivity index (χ4v) is 3.87. The Kier molecular flexibility index (Phi) is 6.96. The summed E-state index contributed by atoms with van der Waals surface area (Å²) >= 11 is 0. The van der Waals surface area contributed by atoms with E-state index >= 15 is 0 Å². The number of amides is 2. The quantitative estimate of drug-likeness (QED) is 0.819. The highest BCUT2D eigenvalue weighted by Gasteiger charge is 2.31. The largest absolute Gasteiger partial charge is 0.379 e. The Morgan fingerprint density at radius 3 is 2.82 bits per heavy atom. The van der Waals surface area contributed by atoms with Crippen LogP contribution >= 0.6 is 0 Å². The summed E-state index contributed by atoms with van der Waals surface area (Å²) in [5.41, 5.74) is 0. The van der Waals surface area contributed by atoms with Gasteiger partial charge in [0.05, 0.1) is 12.1 Å². The van der Waals surface area contributed by atoms with Gasteiger partial charge in [-0.25, -0.2) is 4.79 Å². The van der Waals surface area contributed by atoms with Gasteiger partial charge < -0.3 is 19.9 Å². The van der Waals surface area contributed by atoms with Gasteiger partial charge >= 0.3 is 6.03 Å². The molecule has 0 spiro atoms. The Labute approximate surface area is 135 Å². The second-order valence-corrected chi connectivity index (χ2v) is 6.98. The van der Waals surface area contributed by atoms with Crippen LogP contribution in [-0.2, 0) is 4.74 Å². The van der Waals surface area contributed by atoms with Crippen molar-refractivity contribution in [2.75, 3.05) is 40.3 Å². The van der Waals surface area contributed by atoms with Crippen molar-refractivity contribution in [1.82, 2.24) is 15.1 Å². The fraction of sp³-hybridized carbons (Fsp3) is 0.941. The molecule has 1 aliphatic carbocycles. The van der Waals surface area contributed by atoms with Crippen LogP contribution in [0.4, 0.5) is 4.79 Å². The molecule has 1 N–H and O–H groups in total. The van der Waals surface area contributed by atoms with Crippen LogP contribution in [-0.4, -0.2) is 68.3 Å². The highest BCUT2D eigenvalue weighted by atomic mass is 16.5. The number of methoxy groups -OCH3 is 1. The second kappa shape index (κ2) is 8.73. The maximum Gasteiger partial charge on any atom is 0.317 e. The van der Waals surface area contributed by atoms with Crippen molar-refractivity contribution in [3.8, 4) is 0 Å². The summed E-state index contributed by atoms with van der Waals surface area (Å²) in [4.78, 5) is 16.9. The van der Waals surface area contributed by atoms with E-state index in [9.17, 15) is 4.79 Å². The number of hydrogen-bond donors (Lipinski definition) is 1. The van der Waals surface area contributed by atoms with E-state index in [0.717, 1.165) is 45.4 Å². The predicted molar refractivity (Wildman–Crippen MR) is 89.1 cm³/mol. The van der Waals surface area contributed by atoms with E-state index in [1.807, 2.05) is 4.90 Å². The SMILES string of the molecule is CCCN(C)C[C@@H]1CCN(C(=O)N[C@@H]2CCCC[C@H]2OC)C1. The molecule has 0 unspecified atom stereocenters. The molecule has 0 aromatic rings. The highest BCUT2D eigenvalue weighted by molar-refractivity contribution is 5.74. The Morgan fingerprint density at radius 2 is 2.09 bits per heavy atom. The molecular weight excluding hydrogens is 278 g/mol. The van der Waals surface area contributed by atoms with Crippen LogP contribution in [0.1, 0.15) is 45.4 Å². The first-order chi connectivity index (χ1) is 10.6. The molecule has 0 bridgehead atoms. The molecule has 2 fully saturated rings. The van der Waals surface area contributed by atoms with Crippen molar-refractivity contribution in [3.05, 3.63) is 0 Å². The molecule has 1 aliphatic heterocycles. The van der Waals surface area contributed by atoms with Crippen molar-refractivity contribution in [2.24, 2.45) is 5.92 Å². The van der Waals surface area contributed by atoms with E-state index < -0.39 is 0 Å². The molecule has 0 aromatic carbocycles. The zero-order valence-electron chi connectivity index (χ0n) is 14.5. The molecule has 5 heteroatoms. The molecule has 0 aromatic heterocycles. The highest BCUT2D eigenvalue weighted by Crippen LogP contribution is 2.22. The molecular formula is C17H33N3O2. The first kappa shape index (κ1) is 17.5. The number of carbonyl (C=O) groups excluding carboxylic acids is 1. The number of nitrogens with zero attached hydrogens (tertiary/aromatic N) is 2. The van der Waals surface area contributed by atoms with Crippen molar-refractivity contribution in [1.29, 1.82) is 0 Å². The van der Waals surface area contributed by atoms with Crippen molar-refractivity contribution >= 4 is 6.03 Å². The third-order valence-corrected chi connectivity index (χ3v) is 5.06. The van der Waals surface area contributed by atoms with E-state index in [1.165, 1.54) is 19.3 Å². The number of rotatable bonds is 6. The average Bonchev–Trinajstić information content (AvgIpc) is 2.96. The van der Waals surface area contributed by atoms with E-state index in [2.05, 4.69) is 24.2 Å². The Hall–Kier alpha value is -0.810. The minimum atomic E-state index is 0.106. The van der Waals surface area contributed by atoms with Gasteiger partial charge in [0.1, 0.15) is 0 Å². The van der Waals surface area contributed by atoms with Crippen molar-refractivity contribution in [2.45, 2.75) is 57.6 Å². The molecule has 22 heavy (non-hydrogen) atoms. The van der Waals surface area contributed by atoms with Crippen LogP contribution in [0.3, 0.4) is 0 Å². The van der Waals surface area contributed by atoms with E-state index in [0.29, 0.717) is 5.92 Å². The summed E-state index contributed by atoms with van der Waals surface area (Å²) in [5, 5.41) is 3.21. The zero-order valence-corrected chi connectivity index (χ0v) is 14.5. The Bertz CT molecular complexity index is 351. The smallest absolute Gasteiger partial charge is 0.317 e. The number of urea groups is 1. The summed E-state index contributed by atoms with van der Waals surface area (Å²) in [6.45, 7) is 6.23. The molecule has 2 rings (SSSR count). The summed E-state index contributed by atoms with van der Waals surface area (Å²) in [6.07, 6.45) is 7.00. The number of nitrogens with one attached hydrogen (secondary N) is 1. The van der Waals surface area contributed by atoms with Gasteiger partial charge in [0.15, 0.2) is 0 Å². The number of ether oxygens (including phenoxy) is 1. The summed E-state index contributed by atoms with van der Waals surface area (Å²) < 4.78 is 5.53. The molecule has 2 aliphatic rings. The van der Waals surface area contributed by atoms with Crippen LogP contribution in [0.5, 0.6) is 0 Å². The molecule has 5 nitrogen and oxygen atoms in total. The number of likely N-dealkylation sites (tertiary alicyclic amines) is 1. The summed E-state index contributed by atoms with van der Waals surface area (Å²) in [5.74, 6) is 0.617. The zero-order chi connectivity index (χ0) is 15.9. The molecule has 0 radical (unpaired) electrons. The first-order valence-electron chi connectivity index (χ1n) is 8.90. The van der Waals surface area contributed by atoms with Crippen molar-refractivity contribution in [3.63, 3.8) is 0 Å². The molecule has 1 saturated carbocycles. The van der Waals surface area contributed by atoms with Gasteiger partial charge in [-0.05, 0) is 45.2 Å². The Balaban J connectivity index is 1.76. The molecule has 2 amide bonds. The third kappa shape index (κ3) is 4.85. The second-order valence-electron chi connectivity index (χ2n) is 6.98. The van der Waals surface area contributed by atoms with Crippen LogP contribution in [0.2, 0.25) is 0 Å². The number of carbonyl (C=O) groups is 1. The lowest BCUT2D eigenvalue weighted by Crippen LogP contribution is -2.50. The summed E-state index contributed by atoms with van der Waals surface area (Å²) in [6, 6.07) is 0.294. The van der Waals surface area contributed by atoms with Crippen molar-refractivity contribution < 1.29 is 9.53 Å². The lowest BCUT2D eigenvalue weighted by atomic mass is 9.92. The first-order valence-corrected chi connectivity index (χ1v) is 8.90. The molecule has 128 valence electrons. The lowest BCUT2D eigenvalue weighted by molar-refractivity contribution is 0.0434. The van der Waals surface area contributed by atoms with Gasteiger partial charge in [-0.2, -0.15) is 0 Å². The fourth-order valence-electron chi connectivity index (χ4n) is 3.87. The van der Waals surface area contributed by atoms with Crippen LogP contribution in [0.25, 0.3) is 0 Å². The third-order valence-electron chi connectivity index (χ3n) is 5.06. The van der Waals surface area contributed by atoms with E-state index in [4.69, 9.17) is 4.74 Å². The monoisotopic (exact) mass is 311 g/mol. The summed E-state index contributed by atoms with van der Waals surface area (Å²) in [7, 11) is 3.93. The Morgan fingerprint density at radius 1 is 1.32 bits per heavy atom. The van der Waals surface area contributed by atoms with Crippen LogP contribution < -0.4 is 5.32 Å².